The molecule has 1 heterocycles. The van der Waals surface area contributed by atoms with Crippen molar-refractivity contribution in [2.45, 2.75) is 26.2 Å². The number of rotatable bonds is 5. The molecule has 8 heteroatoms. The van der Waals surface area contributed by atoms with Crippen LogP contribution < -0.4 is 11.2 Å². The van der Waals surface area contributed by atoms with Gasteiger partial charge in [-0.1, -0.05) is 30.3 Å². The quantitative estimate of drug-likeness (QED) is 0.780. The molecule has 24 heavy (non-hydrogen) atoms. The molecule has 2 rings (SSSR count). The van der Waals surface area contributed by atoms with Crippen LogP contribution in [0, 0.1) is 5.82 Å². The van der Waals surface area contributed by atoms with Crippen LogP contribution in [0.5, 0.6) is 0 Å². The lowest BCUT2D eigenvalue weighted by atomic mass is 10.1. The molecule has 0 aliphatic heterocycles. The summed E-state index contributed by atoms with van der Waals surface area (Å²) in [5.74, 6) is -2.68. The maximum Gasteiger partial charge on any atom is 0.362 e. The molecule has 1 aromatic heterocycles. The highest BCUT2D eigenvalue weighted by molar-refractivity contribution is 5.72. The standard InChI is InChI=1S/C16H16F2N2O4/c1-3-24-15(22)13(18)19-9-12(17)14(21)20(16(19)23)10(2)11-7-5-4-6-8-11/h4-10,13H,3H2,1-2H3/t10?,13-/m0/s1. The van der Waals surface area contributed by atoms with Crippen LogP contribution in [0.3, 0.4) is 0 Å². The third-order valence-electron chi connectivity index (χ3n) is 3.50. The van der Waals surface area contributed by atoms with Crippen LogP contribution in [-0.2, 0) is 9.53 Å². The fourth-order valence-corrected chi connectivity index (χ4v) is 2.27. The van der Waals surface area contributed by atoms with E-state index in [1.54, 1.807) is 30.3 Å². The van der Waals surface area contributed by atoms with Crippen LogP contribution in [0.25, 0.3) is 0 Å². The minimum absolute atomic E-state index is 0.101. The Morgan fingerprint density at radius 1 is 1.25 bits per heavy atom. The van der Waals surface area contributed by atoms with Crippen molar-refractivity contribution in [3.8, 4) is 0 Å². The van der Waals surface area contributed by atoms with Crippen molar-refractivity contribution in [1.82, 2.24) is 9.13 Å². The second-order valence-electron chi connectivity index (χ2n) is 5.02. The van der Waals surface area contributed by atoms with Crippen molar-refractivity contribution in [2.75, 3.05) is 6.61 Å². The molecule has 0 fully saturated rings. The number of aromatic nitrogens is 2. The minimum atomic E-state index is -2.54. The summed E-state index contributed by atoms with van der Waals surface area (Å²) in [5.41, 5.74) is -1.78. The summed E-state index contributed by atoms with van der Waals surface area (Å²) < 4.78 is 33.3. The molecule has 0 aliphatic rings. The topological polar surface area (TPSA) is 70.3 Å². The summed E-state index contributed by atoms with van der Waals surface area (Å²) >= 11 is 0. The molecule has 0 aliphatic carbocycles. The molecule has 0 bridgehead atoms. The zero-order valence-electron chi connectivity index (χ0n) is 13.1. The highest BCUT2D eigenvalue weighted by Crippen LogP contribution is 2.15. The van der Waals surface area contributed by atoms with Gasteiger partial charge in [0.25, 0.3) is 11.9 Å². The zero-order chi connectivity index (χ0) is 17.9. The van der Waals surface area contributed by atoms with E-state index in [0.717, 1.165) is 0 Å². The van der Waals surface area contributed by atoms with Gasteiger partial charge in [0, 0.05) is 0 Å². The number of alkyl halides is 1. The van der Waals surface area contributed by atoms with Crippen molar-refractivity contribution in [3.63, 3.8) is 0 Å². The normalized spacial score (nSPS) is 13.3. The van der Waals surface area contributed by atoms with Crippen LogP contribution in [0.1, 0.15) is 31.7 Å². The first-order valence-corrected chi connectivity index (χ1v) is 7.27. The number of ether oxygens (including phenoxy) is 1. The third-order valence-corrected chi connectivity index (χ3v) is 3.50. The molecule has 128 valence electrons. The second-order valence-corrected chi connectivity index (χ2v) is 5.02. The summed E-state index contributed by atoms with van der Waals surface area (Å²) in [6.07, 6.45) is -2.16. The number of halogens is 2. The number of carbonyl (C=O) groups excluding carboxylic acids is 1. The number of hydrogen-bond acceptors (Lipinski definition) is 4. The summed E-state index contributed by atoms with van der Waals surface area (Å²) in [6, 6.07) is 7.55. The SMILES string of the molecule is CCOC(=O)[C@@H](F)n1cc(F)c(=O)n(C(C)c2ccccc2)c1=O. The number of nitrogens with zero attached hydrogens (tertiary/aromatic N) is 2. The maximum atomic E-state index is 14.1. The van der Waals surface area contributed by atoms with Crippen LogP contribution in [0.15, 0.2) is 46.1 Å². The lowest BCUT2D eigenvalue weighted by molar-refractivity contribution is -0.153. The van der Waals surface area contributed by atoms with Gasteiger partial charge in [-0.3, -0.25) is 13.9 Å². The van der Waals surface area contributed by atoms with E-state index in [0.29, 0.717) is 16.3 Å². The van der Waals surface area contributed by atoms with Crippen molar-refractivity contribution < 1.29 is 18.3 Å². The van der Waals surface area contributed by atoms with Gasteiger partial charge in [-0.05, 0) is 19.4 Å². The van der Waals surface area contributed by atoms with Gasteiger partial charge in [-0.15, -0.1) is 0 Å². The number of esters is 1. The van der Waals surface area contributed by atoms with E-state index in [4.69, 9.17) is 0 Å². The smallest absolute Gasteiger partial charge is 0.362 e. The molecule has 0 radical (unpaired) electrons. The molecule has 2 atom stereocenters. The molecule has 2 aromatic rings. The number of carbonyl (C=O) groups is 1. The average Bonchev–Trinajstić information content (AvgIpc) is 2.58. The van der Waals surface area contributed by atoms with Crippen molar-refractivity contribution in [1.29, 1.82) is 0 Å². The fraction of sp³-hybridized carbons (Fsp3) is 0.312. The Morgan fingerprint density at radius 3 is 2.46 bits per heavy atom. The molecule has 0 saturated carbocycles. The maximum absolute atomic E-state index is 14.1. The monoisotopic (exact) mass is 338 g/mol. The van der Waals surface area contributed by atoms with Gasteiger partial charge < -0.3 is 4.74 Å². The predicted molar refractivity (Wildman–Crippen MR) is 82.0 cm³/mol. The van der Waals surface area contributed by atoms with E-state index in [1.807, 2.05) is 0 Å². The van der Waals surface area contributed by atoms with E-state index in [1.165, 1.54) is 13.8 Å². The Hall–Kier alpha value is -2.77. The predicted octanol–water partition coefficient (Wildman–Crippen LogP) is 1.79. The van der Waals surface area contributed by atoms with E-state index >= 15 is 0 Å². The average molecular weight is 338 g/mol. The lowest BCUT2D eigenvalue weighted by Crippen LogP contribution is -2.44. The van der Waals surface area contributed by atoms with Gasteiger partial charge in [0.15, 0.2) is 0 Å². The Bertz CT molecular complexity index is 845. The van der Waals surface area contributed by atoms with Crippen LogP contribution >= 0.6 is 0 Å². The van der Waals surface area contributed by atoms with Crippen LogP contribution in [0.2, 0.25) is 0 Å². The minimum Gasteiger partial charge on any atom is -0.462 e. The molecule has 1 aromatic carbocycles. The van der Waals surface area contributed by atoms with E-state index in [-0.39, 0.29) is 11.2 Å². The van der Waals surface area contributed by atoms with Crippen molar-refractivity contribution in [3.05, 3.63) is 68.7 Å². The summed E-state index contributed by atoms with van der Waals surface area (Å²) in [5, 5.41) is 0. The highest BCUT2D eigenvalue weighted by atomic mass is 19.1. The van der Waals surface area contributed by atoms with Gasteiger partial charge >= 0.3 is 11.7 Å². The van der Waals surface area contributed by atoms with Crippen LogP contribution in [0.4, 0.5) is 8.78 Å². The molecular formula is C16H16F2N2O4. The Kier molecular flexibility index (Phi) is 5.28. The van der Waals surface area contributed by atoms with E-state index in [2.05, 4.69) is 4.74 Å². The van der Waals surface area contributed by atoms with Gasteiger partial charge in [0.2, 0.25) is 5.82 Å². The summed E-state index contributed by atoms with van der Waals surface area (Å²) in [7, 11) is 0. The van der Waals surface area contributed by atoms with E-state index in [9.17, 15) is 23.2 Å². The van der Waals surface area contributed by atoms with Gasteiger partial charge in [0.05, 0.1) is 18.8 Å². The molecule has 1 unspecified atom stereocenters. The third kappa shape index (κ3) is 3.27. The summed E-state index contributed by atoms with van der Waals surface area (Å²) in [4.78, 5) is 35.9. The largest absolute Gasteiger partial charge is 0.462 e. The summed E-state index contributed by atoms with van der Waals surface area (Å²) in [6.45, 7) is 2.86. The Balaban J connectivity index is 2.59. The van der Waals surface area contributed by atoms with Gasteiger partial charge in [0.1, 0.15) is 0 Å². The number of hydrogen-bond donors (Lipinski definition) is 0. The lowest BCUT2D eigenvalue weighted by Gasteiger charge is -2.18. The molecule has 0 saturated heterocycles. The molecule has 6 nitrogen and oxygen atoms in total. The van der Waals surface area contributed by atoms with Gasteiger partial charge in [-0.2, -0.15) is 4.39 Å². The molecule has 0 spiro atoms. The van der Waals surface area contributed by atoms with Gasteiger partial charge in [-0.25, -0.2) is 14.0 Å². The van der Waals surface area contributed by atoms with E-state index < -0.39 is 35.4 Å². The van der Waals surface area contributed by atoms with Crippen molar-refractivity contribution in [2.24, 2.45) is 0 Å². The first kappa shape index (κ1) is 17.6. The Labute approximate surface area is 135 Å². The Morgan fingerprint density at radius 2 is 1.88 bits per heavy atom. The zero-order valence-corrected chi connectivity index (χ0v) is 13.1. The molecular weight excluding hydrogens is 322 g/mol. The number of benzene rings is 1. The molecule has 0 N–H and O–H groups in total. The second kappa shape index (κ2) is 7.20. The first-order chi connectivity index (χ1) is 11.4. The van der Waals surface area contributed by atoms with Crippen LogP contribution in [-0.4, -0.2) is 21.7 Å². The van der Waals surface area contributed by atoms with Crippen molar-refractivity contribution >= 4 is 5.97 Å². The fourth-order valence-electron chi connectivity index (χ4n) is 2.27. The highest BCUT2D eigenvalue weighted by Gasteiger charge is 2.26. The molecule has 0 amide bonds. The first-order valence-electron chi connectivity index (χ1n) is 7.27.